The highest BCUT2D eigenvalue weighted by molar-refractivity contribution is 5.76. The number of carboxylic acids is 1. The van der Waals surface area contributed by atoms with E-state index in [0.717, 1.165) is 12.8 Å². The fourth-order valence-corrected chi connectivity index (χ4v) is 2.13. The number of methoxy groups -OCH3 is 1. The molecular weight excluding hydrogens is 248 g/mol. The maximum absolute atomic E-state index is 11.8. The van der Waals surface area contributed by atoms with E-state index in [0.29, 0.717) is 13.0 Å². The number of ether oxygens (including phenoxy) is 1. The zero-order chi connectivity index (χ0) is 14.3. The summed E-state index contributed by atoms with van der Waals surface area (Å²) >= 11 is 0. The second kappa shape index (κ2) is 7.78. The number of carbonyl (C=O) groups is 2. The summed E-state index contributed by atoms with van der Waals surface area (Å²) in [5.41, 5.74) is 0. The molecule has 0 radical (unpaired) electrons. The Labute approximate surface area is 113 Å². The first kappa shape index (κ1) is 15.5. The number of rotatable bonds is 7. The van der Waals surface area contributed by atoms with Crippen molar-refractivity contribution in [2.45, 2.75) is 38.3 Å². The van der Waals surface area contributed by atoms with Gasteiger partial charge in [0.25, 0.3) is 0 Å². The summed E-state index contributed by atoms with van der Waals surface area (Å²) in [6, 6.07) is -0.516. The number of urea groups is 1. The van der Waals surface area contributed by atoms with Gasteiger partial charge in [-0.2, -0.15) is 0 Å². The first-order valence-corrected chi connectivity index (χ1v) is 6.53. The van der Waals surface area contributed by atoms with Crippen molar-refractivity contribution in [2.75, 3.05) is 13.7 Å². The Balaban J connectivity index is 2.35. The van der Waals surface area contributed by atoms with Crippen LogP contribution in [0.1, 0.15) is 26.2 Å². The van der Waals surface area contributed by atoms with Crippen molar-refractivity contribution < 1.29 is 19.4 Å². The summed E-state index contributed by atoms with van der Waals surface area (Å²) in [6.07, 6.45) is 5.55. The van der Waals surface area contributed by atoms with Gasteiger partial charge in [0, 0.05) is 7.11 Å². The number of carboxylic acid groups (broad SMARTS) is 1. The van der Waals surface area contributed by atoms with E-state index in [2.05, 4.69) is 10.6 Å². The van der Waals surface area contributed by atoms with Crippen molar-refractivity contribution in [1.82, 2.24) is 10.6 Å². The second-order valence-corrected chi connectivity index (χ2v) is 4.73. The predicted octanol–water partition coefficient (Wildman–Crippen LogP) is 1.13. The average Bonchev–Trinajstić information content (AvgIpc) is 2.78. The number of hydrogen-bond donors (Lipinski definition) is 3. The van der Waals surface area contributed by atoms with Crippen LogP contribution in [0.2, 0.25) is 0 Å². The van der Waals surface area contributed by atoms with Crippen molar-refractivity contribution in [3.8, 4) is 0 Å². The summed E-state index contributed by atoms with van der Waals surface area (Å²) in [5.74, 6) is -1.36. The quantitative estimate of drug-likeness (QED) is 0.605. The lowest BCUT2D eigenvalue weighted by atomic mass is 10.1. The predicted molar refractivity (Wildman–Crippen MR) is 70.9 cm³/mol. The molecular formula is C13H22N2O4. The first-order valence-electron chi connectivity index (χ1n) is 6.53. The minimum atomic E-state index is -0.857. The van der Waals surface area contributed by atoms with Gasteiger partial charge in [0.15, 0.2) is 0 Å². The highest BCUT2D eigenvalue weighted by atomic mass is 16.5. The number of hydrogen-bond acceptors (Lipinski definition) is 3. The minimum absolute atomic E-state index is 0.0179. The van der Waals surface area contributed by atoms with Gasteiger partial charge in [0.1, 0.15) is 0 Å². The fourth-order valence-electron chi connectivity index (χ4n) is 2.13. The average molecular weight is 270 g/mol. The van der Waals surface area contributed by atoms with Crippen molar-refractivity contribution in [3.63, 3.8) is 0 Å². The van der Waals surface area contributed by atoms with Crippen molar-refractivity contribution in [2.24, 2.45) is 5.92 Å². The second-order valence-electron chi connectivity index (χ2n) is 4.73. The number of nitrogens with one attached hydrogen (secondary N) is 2. The van der Waals surface area contributed by atoms with Crippen LogP contribution in [0, 0.1) is 5.92 Å². The topological polar surface area (TPSA) is 87.7 Å². The monoisotopic (exact) mass is 270 g/mol. The molecule has 3 atom stereocenters. The van der Waals surface area contributed by atoms with Gasteiger partial charge < -0.3 is 20.5 Å². The molecule has 0 bridgehead atoms. The Morgan fingerprint density at radius 2 is 2.21 bits per heavy atom. The molecule has 0 heterocycles. The Kier molecular flexibility index (Phi) is 6.35. The highest BCUT2D eigenvalue weighted by Crippen LogP contribution is 2.17. The van der Waals surface area contributed by atoms with Crippen LogP contribution in [0.25, 0.3) is 0 Å². The lowest BCUT2D eigenvalue weighted by Gasteiger charge is -2.19. The molecule has 0 aromatic carbocycles. The van der Waals surface area contributed by atoms with Crippen LogP contribution in [0.4, 0.5) is 4.79 Å². The third kappa shape index (κ3) is 5.30. The van der Waals surface area contributed by atoms with Crippen LogP contribution in [0.5, 0.6) is 0 Å². The normalized spacial score (nSPS) is 23.1. The van der Waals surface area contributed by atoms with E-state index in [4.69, 9.17) is 9.84 Å². The van der Waals surface area contributed by atoms with Crippen LogP contribution in [-0.2, 0) is 9.53 Å². The Hall–Kier alpha value is -1.56. The number of carbonyl (C=O) groups excluding carboxylic acids is 1. The maximum atomic E-state index is 11.8. The SMILES string of the molecule is CCCC(COC)NC(=O)NC1C=CC(C(=O)O)C1. The molecule has 108 valence electrons. The maximum Gasteiger partial charge on any atom is 0.315 e. The van der Waals surface area contributed by atoms with Gasteiger partial charge in [0.2, 0.25) is 0 Å². The lowest BCUT2D eigenvalue weighted by molar-refractivity contribution is -0.140. The summed E-state index contributed by atoms with van der Waals surface area (Å²) in [6.45, 7) is 2.51. The molecule has 19 heavy (non-hydrogen) atoms. The van der Waals surface area contributed by atoms with E-state index in [1.54, 1.807) is 19.3 Å². The molecule has 2 amide bonds. The zero-order valence-corrected chi connectivity index (χ0v) is 11.4. The molecule has 0 saturated carbocycles. The van der Waals surface area contributed by atoms with Crippen molar-refractivity contribution in [3.05, 3.63) is 12.2 Å². The van der Waals surface area contributed by atoms with E-state index in [-0.39, 0.29) is 18.1 Å². The van der Waals surface area contributed by atoms with Gasteiger partial charge >= 0.3 is 12.0 Å². The summed E-state index contributed by atoms with van der Waals surface area (Å²) in [4.78, 5) is 22.6. The van der Waals surface area contributed by atoms with E-state index in [1.165, 1.54) is 0 Å². The summed E-state index contributed by atoms with van der Waals surface area (Å²) < 4.78 is 5.04. The number of aliphatic carboxylic acids is 1. The third-order valence-corrected chi connectivity index (χ3v) is 3.06. The van der Waals surface area contributed by atoms with E-state index in [1.807, 2.05) is 6.92 Å². The van der Waals surface area contributed by atoms with Crippen LogP contribution < -0.4 is 10.6 Å². The van der Waals surface area contributed by atoms with Gasteiger partial charge in [-0.3, -0.25) is 4.79 Å². The molecule has 0 aliphatic heterocycles. The molecule has 3 N–H and O–H groups in total. The molecule has 0 fully saturated rings. The standard InChI is InChI=1S/C13H22N2O4/c1-3-4-11(8-19-2)15-13(18)14-10-6-5-9(7-10)12(16)17/h5-6,9-11H,3-4,7-8H2,1-2H3,(H,16,17)(H2,14,15,18). The largest absolute Gasteiger partial charge is 0.481 e. The molecule has 6 heteroatoms. The van der Waals surface area contributed by atoms with Crippen molar-refractivity contribution >= 4 is 12.0 Å². The molecule has 1 aliphatic carbocycles. The Morgan fingerprint density at radius 1 is 1.47 bits per heavy atom. The molecule has 0 saturated heterocycles. The van der Waals surface area contributed by atoms with Gasteiger partial charge in [0.05, 0.1) is 24.6 Å². The van der Waals surface area contributed by atoms with Crippen LogP contribution in [0.3, 0.4) is 0 Å². The molecule has 0 aromatic rings. The van der Waals surface area contributed by atoms with Gasteiger partial charge in [-0.05, 0) is 12.8 Å². The molecule has 1 aliphatic rings. The zero-order valence-electron chi connectivity index (χ0n) is 11.4. The molecule has 0 aromatic heterocycles. The molecule has 3 unspecified atom stereocenters. The number of amides is 2. The first-order chi connectivity index (χ1) is 9.06. The fraction of sp³-hybridized carbons (Fsp3) is 0.692. The van der Waals surface area contributed by atoms with E-state index < -0.39 is 11.9 Å². The minimum Gasteiger partial charge on any atom is -0.481 e. The highest BCUT2D eigenvalue weighted by Gasteiger charge is 2.25. The molecule has 6 nitrogen and oxygen atoms in total. The summed E-state index contributed by atoms with van der Waals surface area (Å²) in [5, 5.41) is 14.4. The molecule has 0 spiro atoms. The van der Waals surface area contributed by atoms with Crippen molar-refractivity contribution in [1.29, 1.82) is 0 Å². The summed E-state index contributed by atoms with van der Waals surface area (Å²) in [7, 11) is 1.60. The Bertz CT molecular complexity index is 338. The van der Waals surface area contributed by atoms with Crippen LogP contribution in [0.15, 0.2) is 12.2 Å². The third-order valence-electron chi connectivity index (χ3n) is 3.06. The van der Waals surface area contributed by atoms with Crippen LogP contribution in [-0.4, -0.2) is 42.9 Å². The van der Waals surface area contributed by atoms with Gasteiger partial charge in [-0.1, -0.05) is 25.5 Å². The van der Waals surface area contributed by atoms with Crippen LogP contribution >= 0.6 is 0 Å². The van der Waals surface area contributed by atoms with E-state index >= 15 is 0 Å². The van der Waals surface area contributed by atoms with Gasteiger partial charge in [-0.15, -0.1) is 0 Å². The molecule has 1 rings (SSSR count). The smallest absolute Gasteiger partial charge is 0.315 e. The van der Waals surface area contributed by atoms with Gasteiger partial charge in [-0.25, -0.2) is 4.79 Å². The Morgan fingerprint density at radius 3 is 2.74 bits per heavy atom. The lowest BCUT2D eigenvalue weighted by Crippen LogP contribution is -2.47. The van der Waals surface area contributed by atoms with E-state index in [9.17, 15) is 9.59 Å².